The van der Waals surface area contributed by atoms with Gasteiger partial charge in [-0.25, -0.2) is 4.98 Å². The molecule has 5 nitrogen and oxygen atoms in total. The van der Waals surface area contributed by atoms with E-state index in [1.165, 1.54) is 6.92 Å². The van der Waals surface area contributed by atoms with Gasteiger partial charge in [0.05, 0.1) is 5.56 Å². The molecule has 0 atom stereocenters. The van der Waals surface area contributed by atoms with Crippen molar-refractivity contribution in [2.75, 3.05) is 0 Å². The molecule has 16 heavy (non-hydrogen) atoms. The van der Waals surface area contributed by atoms with Crippen molar-refractivity contribution in [1.29, 1.82) is 0 Å². The summed E-state index contributed by atoms with van der Waals surface area (Å²) < 4.78 is 0.290. The maximum absolute atomic E-state index is 11.7. The second kappa shape index (κ2) is 3.64. The number of hydrogen-bond acceptors (Lipinski definition) is 4. The van der Waals surface area contributed by atoms with Gasteiger partial charge in [0.2, 0.25) is 0 Å². The van der Waals surface area contributed by atoms with Crippen LogP contribution in [-0.4, -0.2) is 20.7 Å². The Labute approximate surface area is 95.5 Å². The lowest BCUT2D eigenvalue weighted by Crippen LogP contribution is -2.18. The van der Waals surface area contributed by atoms with Crippen LogP contribution in [0.2, 0.25) is 0 Å². The smallest absolute Gasteiger partial charge is 0.260 e. The molecule has 0 aliphatic carbocycles. The van der Waals surface area contributed by atoms with Crippen LogP contribution in [0.3, 0.4) is 0 Å². The molecular weight excluding hydrogens is 226 g/mol. The van der Waals surface area contributed by atoms with E-state index in [2.05, 4.69) is 15.0 Å². The van der Waals surface area contributed by atoms with Crippen LogP contribution in [0, 0.1) is 11.7 Å². The van der Waals surface area contributed by atoms with Crippen LogP contribution in [-0.2, 0) is 0 Å². The summed E-state index contributed by atoms with van der Waals surface area (Å²) in [5, 5.41) is 0.693. The Morgan fingerprint density at radius 1 is 1.44 bits per heavy atom. The highest BCUT2D eigenvalue weighted by molar-refractivity contribution is 7.71. The Kier molecular flexibility index (Phi) is 2.43. The number of carbonyl (C=O) groups is 1. The van der Waals surface area contributed by atoms with Gasteiger partial charge in [-0.1, -0.05) is 0 Å². The van der Waals surface area contributed by atoms with Gasteiger partial charge in [0.1, 0.15) is 5.65 Å². The third-order valence-electron chi connectivity index (χ3n) is 2.41. The maximum Gasteiger partial charge on any atom is 0.260 e. The average molecular weight is 235 g/mol. The highest BCUT2D eigenvalue weighted by Crippen LogP contribution is 2.14. The molecule has 2 N–H and O–H groups in total. The van der Waals surface area contributed by atoms with E-state index < -0.39 is 5.56 Å². The van der Waals surface area contributed by atoms with Crippen LogP contribution in [0.4, 0.5) is 0 Å². The van der Waals surface area contributed by atoms with Crippen LogP contribution in [0.15, 0.2) is 11.0 Å². The molecule has 0 spiro atoms. The van der Waals surface area contributed by atoms with E-state index in [1.54, 1.807) is 13.1 Å². The molecule has 0 bridgehead atoms. The summed E-state index contributed by atoms with van der Waals surface area (Å²) in [4.78, 5) is 32.3. The fourth-order valence-corrected chi connectivity index (χ4v) is 1.84. The number of H-pyrrole nitrogens is 2. The van der Waals surface area contributed by atoms with Crippen LogP contribution >= 0.6 is 12.2 Å². The first-order valence-electron chi connectivity index (χ1n) is 4.63. The number of hydrogen-bond donors (Lipinski definition) is 2. The van der Waals surface area contributed by atoms with Gasteiger partial charge in [0, 0.05) is 11.6 Å². The monoisotopic (exact) mass is 235 g/mol. The largest absolute Gasteiger partial charge is 0.317 e. The van der Waals surface area contributed by atoms with E-state index >= 15 is 0 Å². The normalized spacial score (nSPS) is 10.6. The number of nitrogens with one attached hydrogen (secondary N) is 2. The van der Waals surface area contributed by atoms with Crippen molar-refractivity contribution in [2.24, 2.45) is 0 Å². The Morgan fingerprint density at radius 2 is 2.12 bits per heavy atom. The highest BCUT2D eigenvalue weighted by Gasteiger charge is 2.12. The molecule has 6 heteroatoms. The molecule has 0 fully saturated rings. The molecule has 2 rings (SSSR count). The fourth-order valence-electron chi connectivity index (χ4n) is 1.68. The lowest BCUT2D eigenvalue weighted by Gasteiger charge is -2.05. The van der Waals surface area contributed by atoms with Gasteiger partial charge in [-0.15, -0.1) is 0 Å². The number of Topliss-reactive ketones (excluding diaryl/α,β-unsaturated/α-hetero) is 1. The van der Waals surface area contributed by atoms with Crippen LogP contribution < -0.4 is 5.56 Å². The zero-order valence-corrected chi connectivity index (χ0v) is 9.57. The number of nitrogens with zero attached hydrogens (tertiary/aromatic N) is 1. The molecule has 0 saturated heterocycles. The van der Waals surface area contributed by atoms with Gasteiger partial charge in [-0.2, -0.15) is 0 Å². The molecular formula is C10H9N3O2S. The summed E-state index contributed by atoms with van der Waals surface area (Å²) in [6.45, 7) is 3.08. The highest BCUT2D eigenvalue weighted by atomic mass is 32.1. The first-order chi connectivity index (χ1) is 7.50. The minimum Gasteiger partial charge on any atom is -0.317 e. The topological polar surface area (TPSA) is 78.6 Å². The number of aromatic amines is 2. The summed E-state index contributed by atoms with van der Waals surface area (Å²) in [5.74, 6) is -0.261. The Balaban J connectivity index is 3.00. The summed E-state index contributed by atoms with van der Waals surface area (Å²) >= 11 is 4.85. The quantitative estimate of drug-likeness (QED) is 0.580. The number of rotatable bonds is 1. The first kappa shape index (κ1) is 10.7. The fraction of sp³-hybridized carbons (Fsp3) is 0.200. The number of aromatic nitrogens is 3. The predicted octanol–water partition coefficient (Wildman–Crippen LogP) is 1.49. The molecule has 2 aromatic heterocycles. The van der Waals surface area contributed by atoms with E-state index in [9.17, 15) is 9.59 Å². The van der Waals surface area contributed by atoms with E-state index in [1.807, 2.05) is 0 Å². The average Bonchev–Trinajstić information content (AvgIpc) is 2.15. The number of aryl methyl sites for hydroxylation is 1. The lowest BCUT2D eigenvalue weighted by molar-refractivity contribution is 0.101. The third kappa shape index (κ3) is 1.57. The molecule has 0 amide bonds. The van der Waals surface area contributed by atoms with Crippen LogP contribution in [0.1, 0.15) is 22.8 Å². The zero-order chi connectivity index (χ0) is 11.9. The van der Waals surface area contributed by atoms with E-state index in [4.69, 9.17) is 12.2 Å². The third-order valence-corrected chi connectivity index (χ3v) is 2.62. The summed E-state index contributed by atoms with van der Waals surface area (Å²) in [5.41, 5.74) is 0.867. The zero-order valence-electron chi connectivity index (χ0n) is 8.75. The molecule has 0 aliphatic rings. The van der Waals surface area contributed by atoms with Gasteiger partial charge >= 0.3 is 0 Å². The van der Waals surface area contributed by atoms with Crippen molar-refractivity contribution in [2.45, 2.75) is 13.8 Å². The van der Waals surface area contributed by atoms with Crippen molar-refractivity contribution < 1.29 is 4.79 Å². The summed E-state index contributed by atoms with van der Waals surface area (Å²) in [7, 11) is 0. The van der Waals surface area contributed by atoms with Crippen LogP contribution in [0.25, 0.3) is 11.0 Å². The maximum atomic E-state index is 11.7. The van der Waals surface area contributed by atoms with Crippen LogP contribution in [0.5, 0.6) is 0 Å². The standard InChI is InChI=1S/C10H9N3O2S/c1-4-6-3-11-10(16)13-8(6)12-9(15)7(4)5(2)14/h3H,1-2H3,(H2,11,12,13,15,16). The molecule has 2 heterocycles. The predicted molar refractivity (Wildman–Crippen MR) is 62.3 cm³/mol. The Morgan fingerprint density at radius 3 is 2.75 bits per heavy atom. The van der Waals surface area contributed by atoms with Crippen molar-refractivity contribution in [1.82, 2.24) is 15.0 Å². The van der Waals surface area contributed by atoms with E-state index in [-0.39, 0.29) is 16.1 Å². The second-order valence-corrected chi connectivity index (χ2v) is 3.87. The van der Waals surface area contributed by atoms with Gasteiger partial charge < -0.3 is 9.97 Å². The number of carbonyl (C=O) groups excluding carboxylic acids is 1. The molecule has 0 radical (unpaired) electrons. The van der Waals surface area contributed by atoms with E-state index in [0.717, 1.165) is 0 Å². The molecule has 0 saturated carbocycles. The minimum absolute atomic E-state index is 0.166. The van der Waals surface area contributed by atoms with Crippen molar-refractivity contribution in [3.05, 3.63) is 32.4 Å². The SMILES string of the molecule is CC(=O)c1c(C)c2cnc(=S)[nH]c2[nH]c1=O. The first-order valence-corrected chi connectivity index (χ1v) is 5.04. The van der Waals surface area contributed by atoms with Gasteiger partial charge in [-0.3, -0.25) is 9.59 Å². The van der Waals surface area contributed by atoms with Gasteiger partial charge in [0.25, 0.3) is 5.56 Å². The van der Waals surface area contributed by atoms with E-state index in [0.29, 0.717) is 16.6 Å². The number of ketones is 1. The number of pyridine rings is 1. The molecule has 82 valence electrons. The lowest BCUT2D eigenvalue weighted by atomic mass is 10.1. The molecule has 0 aromatic carbocycles. The number of fused-ring (bicyclic) bond motifs is 1. The minimum atomic E-state index is -0.408. The van der Waals surface area contributed by atoms with Crippen molar-refractivity contribution >= 4 is 29.0 Å². The van der Waals surface area contributed by atoms with Crippen molar-refractivity contribution in [3.8, 4) is 0 Å². The Hall–Kier alpha value is -1.82. The van der Waals surface area contributed by atoms with Gasteiger partial charge in [-0.05, 0) is 31.6 Å². The molecule has 0 aliphatic heterocycles. The molecule has 2 aromatic rings. The summed E-state index contributed by atoms with van der Waals surface area (Å²) in [6.07, 6.45) is 1.55. The summed E-state index contributed by atoms with van der Waals surface area (Å²) in [6, 6.07) is 0. The molecule has 0 unspecified atom stereocenters. The Bertz CT molecular complexity index is 699. The second-order valence-electron chi connectivity index (χ2n) is 3.49. The van der Waals surface area contributed by atoms with Crippen molar-refractivity contribution in [3.63, 3.8) is 0 Å². The van der Waals surface area contributed by atoms with Gasteiger partial charge in [0.15, 0.2) is 10.6 Å².